The second-order valence-electron chi connectivity index (χ2n) is 7.43. The predicted octanol–water partition coefficient (Wildman–Crippen LogP) is 2.62. The van der Waals surface area contributed by atoms with Crippen LogP contribution in [-0.4, -0.2) is 46.7 Å². The number of hydrogen-bond acceptors (Lipinski definition) is 6. The van der Waals surface area contributed by atoms with E-state index in [4.69, 9.17) is 4.52 Å². The number of rotatable bonds is 6. The molecule has 1 atom stereocenters. The van der Waals surface area contributed by atoms with Crippen molar-refractivity contribution in [3.05, 3.63) is 30.4 Å². The summed E-state index contributed by atoms with van der Waals surface area (Å²) in [6, 6.07) is 3.71. The predicted molar refractivity (Wildman–Crippen MR) is 96.8 cm³/mol. The minimum atomic E-state index is -3.22. The summed E-state index contributed by atoms with van der Waals surface area (Å²) in [5.41, 5.74) is 0.424. The molecule has 2 fully saturated rings. The average molecular weight is 376 g/mol. The first-order valence-corrected chi connectivity index (χ1v) is 10.9. The maximum Gasteiger partial charge on any atom is 0.259 e. The van der Waals surface area contributed by atoms with E-state index in [9.17, 15) is 8.42 Å². The fourth-order valence-electron chi connectivity index (χ4n) is 3.87. The largest absolute Gasteiger partial charge is 0.334 e. The smallest absolute Gasteiger partial charge is 0.259 e. The van der Waals surface area contributed by atoms with Crippen LogP contribution in [0.4, 0.5) is 0 Å². The van der Waals surface area contributed by atoms with Crippen LogP contribution in [0.25, 0.3) is 11.5 Å². The molecule has 0 spiro atoms. The number of nitrogens with zero attached hydrogens (tertiary/aromatic N) is 4. The number of piperidine rings is 1. The zero-order valence-electron chi connectivity index (χ0n) is 15.0. The molecular formula is C18H24N4O3S. The summed E-state index contributed by atoms with van der Waals surface area (Å²) < 4.78 is 32.0. The van der Waals surface area contributed by atoms with E-state index >= 15 is 0 Å². The molecule has 140 valence electrons. The first-order valence-electron chi connectivity index (χ1n) is 9.25. The average Bonchev–Trinajstić information content (AvgIpc) is 3.33. The molecular weight excluding hydrogens is 352 g/mol. The molecule has 1 aliphatic carbocycles. The van der Waals surface area contributed by atoms with E-state index in [2.05, 4.69) is 15.1 Å². The van der Waals surface area contributed by atoms with Crippen molar-refractivity contribution in [2.24, 2.45) is 5.92 Å². The fourth-order valence-corrected chi connectivity index (χ4v) is 5.09. The molecule has 4 rings (SSSR count). The monoisotopic (exact) mass is 376 g/mol. The normalized spacial score (nSPS) is 24.7. The van der Waals surface area contributed by atoms with Crippen LogP contribution in [-0.2, 0) is 15.4 Å². The van der Waals surface area contributed by atoms with Crippen LogP contribution in [0.2, 0.25) is 0 Å². The molecule has 1 saturated heterocycles. The van der Waals surface area contributed by atoms with Gasteiger partial charge in [0.15, 0.2) is 5.82 Å². The van der Waals surface area contributed by atoms with E-state index in [1.54, 1.807) is 23.6 Å². The quantitative estimate of drug-likeness (QED) is 0.770. The van der Waals surface area contributed by atoms with E-state index in [0.717, 1.165) is 24.8 Å². The van der Waals surface area contributed by atoms with Gasteiger partial charge in [0, 0.05) is 30.9 Å². The van der Waals surface area contributed by atoms with Gasteiger partial charge >= 0.3 is 0 Å². The first kappa shape index (κ1) is 17.6. The van der Waals surface area contributed by atoms with E-state index < -0.39 is 10.0 Å². The summed E-state index contributed by atoms with van der Waals surface area (Å²) in [6.45, 7) is 2.73. The van der Waals surface area contributed by atoms with E-state index in [1.165, 1.54) is 12.8 Å². The summed E-state index contributed by atoms with van der Waals surface area (Å²) in [6.07, 6.45) is 8.44. The summed E-state index contributed by atoms with van der Waals surface area (Å²) in [4.78, 5) is 8.76. The Labute approximate surface area is 153 Å². The molecule has 3 heterocycles. The lowest BCUT2D eigenvalue weighted by Gasteiger charge is -2.40. The number of aromatic nitrogens is 3. The molecule has 1 aliphatic heterocycles. The molecule has 1 unspecified atom stereocenters. The van der Waals surface area contributed by atoms with E-state index in [1.807, 2.05) is 12.1 Å². The molecule has 0 amide bonds. The molecule has 26 heavy (non-hydrogen) atoms. The van der Waals surface area contributed by atoms with Crippen molar-refractivity contribution in [1.82, 2.24) is 19.4 Å². The summed E-state index contributed by atoms with van der Waals surface area (Å²) in [7, 11) is -3.22. The van der Waals surface area contributed by atoms with Gasteiger partial charge in [0.05, 0.1) is 11.3 Å². The van der Waals surface area contributed by atoms with E-state index in [0.29, 0.717) is 30.7 Å². The minimum absolute atomic E-state index is 0.125. The third-order valence-corrected chi connectivity index (χ3v) is 7.31. The van der Waals surface area contributed by atoms with Crippen molar-refractivity contribution < 1.29 is 12.9 Å². The van der Waals surface area contributed by atoms with Crippen molar-refractivity contribution in [3.63, 3.8) is 0 Å². The van der Waals surface area contributed by atoms with Gasteiger partial charge in [0.25, 0.3) is 5.89 Å². The SMILES string of the molecule is CCS(=O)(=O)N1CCCC(CC2CC2)(c2noc(-c3cccnc3)n2)C1. The topological polar surface area (TPSA) is 89.2 Å². The Morgan fingerprint density at radius 2 is 2.23 bits per heavy atom. The molecule has 0 bridgehead atoms. The Bertz CT molecular complexity index is 864. The van der Waals surface area contributed by atoms with Crippen molar-refractivity contribution in [3.8, 4) is 11.5 Å². The number of pyridine rings is 1. The Balaban J connectivity index is 1.68. The van der Waals surface area contributed by atoms with Crippen LogP contribution in [0.1, 0.15) is 44.9 Å². The van der Waals surface area contributed by atoms with Gasteiger partial charge in [-0.05, 0) is 44.2 Å². The zero-order valence-corrected chi connectivity index (χ0v) is 15.8. The fraction of sp³-hybridized carbons (Fsp3) is 0.611. The summed E-state index contributed by atoms with van der Waals surface area (Å²) in [5, 5.41) is 4.28. The van der Waals surface area contributed by atoms with Crippen LogP contribution in [0.3, 0.4) is 0 Å². The van der Waals surface area contributed by atoms with E-state index in [-0.39, 0.29) is 11.2 Å². The lowest BCUT2D eigenvalue weighted by atomic mass is 9.75. The van der Waals surface area contributed by atoms with Gasteiger partial charge in [-0.1, -0.05) is 18.0 Å². The van der Waals surface area contributed by atoms with Crippen LogP contribution < -0.4 is 0 Å². The Kier molecular flexibility index (Phi) is 4.56. The molecule has 2 aromatic rings. The molecule has 2 aromatic heterocycles. The number of hydrogen-bond donors (Lipinski definition) is 0. The third-order valence-electron chi connectivity index (χ3n) is 5.49. The highest BCUT2D eigenvalue weighted by molar-refractivity contribution is 7.89. The van der Waals surface area contributed by atoms with Crippen LogP contribution in [0, 0.1) is 5.92 Å². The van der Waals surface area contributed by atoms with Gasteiger partial charge in [-0.3, -0.25) is 4.98 Å². The highest BCUT2D eigenvalue weighted by Gasteiger charge is 2.46. The summed E-state index contributed by atoms with van der Waals surface area (Å²) in [5.74, 6) is 1.84. The van der Waals surface area contributed by atoms with Gasteiger partial charge < -0.3 is 4.52 Å². The van der Waals surface area contributed by atoms with Crippen molar-refractivity contribution in [1.29, 1.82) is 0 Å². The maximum atomic E-state index is 12.5. The van der Waals surface area contributed by atoms with Gasteiger partial charge in [-0.25, -0.2) is 12.7 Å². The molecule has 0 aromatic carbocycles. The Hall–Kier alpha value is -1.80. The van der Waals surface area contributed by atoms with Crippen molar-refractivity contribution in [2.75, 3.05) is 18.8 Å². The lowest BCUT2D eigenvalue weighted by Crippen LogP contribution is -2.49. The van der Waals surface area contributed by atoms with Crippen molar-refractivity contribution >= 4 is 10.0 Å². The van der Waals surface area contributed by atoms with Crippen molar-refractivity contribution in [2.45, 2.75) is 44.4 Å². The van der Waals surface area contributed by atoms with Crippen LogP contribution >= 0.6 is 0 Å². The third kappa shape index (κ3) is 3.40. The molecule has 0 N–H and O–H groups in total. The highest BCUT2D eigenvalue weighted by Crippen LogP contribution is 2.46. The molecule has 8 heteroatoms. The molecule has 2 aliphatic rings. The molecule has 0 radical (unpaired) electrons. The zero-order chi connectivity index (χ0) is 18.2. The Morgan fingerprint density at radius 3 is 2.92 bits per heavy atom. The second-order valence-corrected chi connectivity index (χ2v) is 9.69. The maximum absolute atomic E-state index is 12.5. The van der Waals surface area contributed by atoms with Crippen LogP contribution in [0.15, 0.2) is 29.0 Å². The van der Waals surface area contributed by atoms with Gasteiger partial charge in [-0.15, -0.1) is 0 Å². The minimum Gasteiger partial charge on any atom is -0.334 e. The Morgan fingerprint density at radius 1 is 1.38 bits per heavy atom. The van der Waals surface area contributed by atoms with Gasteiger partial charge in [-0.2, -0.15) is 4.98 Å². The number of sulfonamides is 1. The van der Waals surface area contributed by atoms with Gasteiger partial charge in [0.2, 0.25) is 10.0 Å². The summed E-state index contributed by atoms with van der Waals surface area (Å²) >= 11 is 0. The lowest BCUT2D eigenvalue weighted by molar-refractivity contribution is 0.190. The first-order chi connectivity index (χ1) is 12.5. The molecule has 7 nitrogen and oxygen atoms in total. The standard InChI is InChI=1S/C18H24N4O3S/c1-2-26(23,24)22-10-4-8-18(13-22,11-14-6-7-14)17-20-16(25-21-17)15-5-3-9-19-12-15/h3,5,9,12,14H,2,4,6-8,10-11,13H2,1H3. The van der Waals surface area contributed by atoms with Crippen LogP contribution in [0.5, 0.6) is 0 Å². The highest BCUT2D eigenvalue weighted by atomic mass is 32.2. The second kappa shape index (κ2) is 6.74. The molecule has 1 saturated carbocycles. The van der Waals surface area contributed by atoms with Gasteiger partial charge in [0.1, 0.15) is 0 Å².